The molecule has 2 aromatic heterocycles. The standard InChI is InChI=1S/C18H16Cl2N4O2S/c1-9-13-7-15(17(26)22-21-16(25)10-2-3-10)27-18(13)24(23-9)8-11-4-5-12(19)6-14(11)20/h4-7,10H,2-3,8H2,1H3,(H,21,25)(H,22,26). The monoisotopic (exact) mass is 422 g/mol. The third-order valence-electron chi connectivity index (χ3n) is 4.41. The van der Waals surface area contributed by atoms with Crippen LogP contribution < -0.4 is 10.9 Å². The molecule has 0 atom stereocenters. The van der Waals surface area contributed by atoms with E-state index in [1.165, 1.54) is 11.3 Å². The highest BCUT2D eigenvalue weighted by Crippen LogP contribution is 2.30. The summed E-state index contributed by atoms with van der Waals surface area (Å²) in [5.74, 6) is -0.433. The molecule has 9 heteroatoms. The minimum Gasteiger partial charge on any atom is -0.273 e. The molecule has 0 unspecified atom stereocenters. The summed E-state index contributed by atoms with van der Waals surface area (Å²) in [7, 11) is 0. The molecule has 3 aromatic rings. The molecule has 27 heavy (non-hydrogen) atoms. The van der Waals surface area contributed by atoms with Gasteiger partial charge in [0.2, 0.25) is 5.91 Å². The zero-order valence-corrected chi connectivity index (χ0v) is 16.7. The number of carbonyl (C=O) groups is 2. The average Bonchev–Trinajstić information content (AvgIpc) is 3.32. The molecule has 1 aliphatic rings. The number of carbonyl (C=O) groups excluding carboxylic acids is 2. The summed E-state index contributed by atoms with van der Waals surface area (Å²) in [6, 6.07) is 7.14. The zero-order chi connectivity index (χ0) is 19.1. The Labute approximate surface area is 169 Å². The van der Waals surface area contributed by atoms with Crippen LogP contribution in [0.15, 0.2) is 24.3 Å². The number of amides is 2. The zero-order valence-electron chi connectivity index (χ0n) is 14.4. The molecular weight excluding hydrogens is 407 g/mol. The number of benzene rings is 1. The predicted octanol–water partition coefficient (Wildman–Crippen LogP) is 3.93. The fourth-order valence-corrected chi connectivity index (χ4v) is 4.29. The predicted molar refractivity (Wildman–Crippen MR) is 106 cm³/mol. The van der Waals surface area contributed by atoms with Gasteiger partial charge in [-0.15, -0.1) is 11.3 Å². The van der Waals surface area contributed by atoms with Gasteiger partial charge in [0.25, 0.3) is 5.91 Å². The van der Waals surface area contributed by atoms with E-state index in [0.29, 0.717) is 21.5 Å². The van der Waals surface area contributed by atoms with E-state index in [1.807, 2.05) is 17.7 Å². The van der Waals surface area contributed by atoms with Crippen molar-refractivity contribution in [1.29, 1.82) is 0 Å². The SMILES string of the molecule is Cc1nn(Cc2ccc(Cl)cc2Cl)c2sc(C(=O)NNC(=O)C3CC3)cc12. The highest BCUT2D eigenvalue weighted by Gasteiger charge is 2.30. The molecule has 1 aromatic carbocycles. The van der Waals surface area contributed by atoms with Gasteiger partial charge in [0.1, 0.15) is 4.83 Å². The van der Waals surface area contributed by atoms with E-state index in [0.717, 1.165) is 34.3 Å². The highest BCUT2D eigenvalue weighted by molar-refractivity contribution is 7.20. The largest absolute Gasteiger partial charge is 0.279 e. The minimum absolute atomic E-state index is 0.0348. The first-order valence-electron chi connectivity index (χ1n) is 8.43. The van der Waals surface area contributed by atoms with Crippen molar-refractivity contribution in [2.75, 3.05) is 0 Å². The van der Waals surface area contributed by atoms with E-state index >= 15 is 0 Å². The first-order chi connectivity index (χ1) is 12.9. The van der Waals surface area contributed by atoms with E-state index < -0.39 is 0 Å². The molecule has 2 N–H and O–H groups in total. The van der Waals surface area contributed by atoms with Crippen molar-refractivity contribution in [3.05, 3.63) is 50.4 Å². The van der Waals surface area contributed by atoms with Gasteiger partial charge in [-0.2, -0.15) is 5.10 Å². The van der Waals surface area contributed by atoms with Crippen LogP contribution in [-0.2, 0) is 11.3 Å². The van der Waals surface area contributed by atoms with Crippen molar-refractivity contribution >= 4 is 56.6 Å². The van der Waals surface area contributed by atoms with Gasteiger partial charge in [-0.25, -0.2) is 0 Å². The molecule has 0 spiro atoms. The maximum atomic E-state index is 12.4. The number of hydrazine groups is 1. The molecule has 2 amide bonds. The quantitative estimate of drug-likeness (QED) is 0.625. The number of nitrogens with zero attached hydrogens (tertiary/aromatic N) is 2. The third-order valence-corrected chi connectivity index (χ3v) is 6.15. The Bertz CT molecular complexity index is 1060. The summed E-state index contributed by atoms with van der Waals surface area (Å²) < 4.78 is 1.82. The van der Waals surface area contributed by atoms with Crippen LogP contribution in [0.5, 0.6) is 0 Å². The second kappa shape index (κ2) is 7.14. The van der Waals surface area contributed by atoms with Crippen molar-refractivity contribution in [3.8, 4) is 0 Å². The van der Waals surface area contributed by atoms with Gasteiger partial charge in [-0.1, -0.05) is 29.3 Å². The molecule has 4 rings (SSSR count). The van der Waals surface area contributed by atoms with Crippen LogP contribution in [0.4, 0.5) is 0 Å². The van der Waals surface area contributed by atoms with E-state index in [-0.39, 0.29) is 17.7 Å². The first kappa shape index (κ1) is 18.3. The topological polar surface area (TPSA) is 76.0 Å². The maximum absolute atomic E-state index is 12.4. The number of nitrogens with one attached hydrogen (secondary N) is 2. The van der Waals surface area contributed by atoms with Crippen molar-refractivity contribution < 1.29 is 9.59 Å². The summed E-state index contributed by atoms with van der Waals surface area (Å²) in [5.41, 5.74) is 6.67. The van der Waals surface area contributed by atoms with Gasteiger partial charge in [-0.05, 0) is 43.5 Å². The molecule has 0 saturated heterocycles. The summed E-state index contributed by atoms with van der Waals surface area (Å²) >= 11 is 13.5. The number of aromatic nitrogens is 2. The van der Waals surface area contributed by atoms with Crippen LogP contribution >= 0.6 is 34.5 Å². The Hall–Kier alpha value is -2.09. The van der Waals surface area contributed by atoms with Crippen LogP contribution in [0.25, 0.3) is 10.2 Å². The molecule has 1 aliphatic carbocycles. The fraction of sp³-hybridized carbons (Fsp3) is 0.278. The Balaban J connectivity index is 1.56. The minimum atomic E-state index is -0.333. The highest BCUT2D eigenvalue weighted by atomic mass is 35.5. The molecule has 0 aliphatic heterocycles. The van der Waals surface area contributed by atoms with Crippen LogP contribution in [0.2, 0.25) is 10.0 Å². The summed E-state index contributed by atoms with van der Waals surface area (Å²) in [5, 5.41) is 6.60. The fourth-order valence-electron chi connectivity index (χ4n) is 2.77. The number of fused-ring (bicyclic) bond motifs is 1. The maximum Gasteiger partial charge on any atom is 0.279 e. The molecule has 1 fully saturated rings. The van der Waals surface area contributed by atoms with Crippen molar-refractivity contribution in [1.82, 2.24) is 20.6 Å². The van der Waals surface area contributed by atoms with Gasteiger partial charge >= 0.3 is 0 Å². The Morgan fingerprint density at radius 3 is 2.74 bits per heavy atom. The van der Waals surface area contributed by atoms with Gasteiger partial charge in [0.15, 0.2) is 0 Å². The first-order valence-corrected chi connectivity index (χ1v) is 10.0. The van der Waals surface area contributed by atoms with Crippen LogP contribution in [0.1, 0.15) is 33.8 Å². The molecule has 2 heterocycles. The summed E-state index contributed by atoms with van der Waals surface area (Å²) in [4.78, 5) is 25.4. The Kier molecular flexibility index (Phi) is 4.84. The van der Waals surface area contributed by atoms with Crippen LogP contribution in [0, 0.1) is 12.8 Å². The number of rotatable bonds is 4. The lowest BCUT2D eigenvalue weighted by atomic mass is 10.2. The third kappa shape index (κ3) is 3.81. The van der Waals surface area contributed by atoms with Gasteiger partial charge in [-0.3, -0.25) is 25.1 Å². The molecule has 0 radical (unpaired) electrons. The lowest BCUT2D eigenvalue weighted by molar-refractivity contribution is -0.123. The number of hydrogen-bond acceptors (Lipinski definition) is 4. The van der Waals surface area contributed by atoms with Crippen molar-refractivity contribution in [3.63, 3.8) is 0 Å². The molecule has 6 nitrogen and oxygen atoms in total. The number of thiophene rings is 1. The van der Waals surface area contributed by atoms with E-state index in [4.69, 9.17) is 23.2 Å². The Morgan fingerprint density at radius 2 is 2.04 bits per heavy atom. The van der Waals surface area contributed by atoms with E-state index in [1.54, 1.807) is 18.2 Å². The van der Waals surface area contributed by atoms with Crippen LogP contribution in [-0.4, -0.2) is 21.6 Å². The van der Waals surface area contributed by atoms with Gasteiger partial charge in [0, 0.05) is 21.3 Å². The normalized spacial score (nSPS) is 13.7. The number of hydrogen-bond donors (Lipinski definition) is 2. The number of halogens is 2. The lowest BCUT2D eigenvalue weighted by Gasteiger charge is -2.06. The summed E-state index contributed by atoms with van der Waals surface area (Å²) in [6.07, 6.45) is 1.76. The molecule has 0 bridgehead atoms. The van der Waals surface area contributed by atoms with Gasteiger partial charge in [0.05, 0.1) is 17.1 Å². The van der Waals surface area contributed by atoms with Crippen molar-refractivity contribution in [2.45, 2.75) is 26.3 Å². The molecular formula is C18H16Cl2N4O2S. The average molecular weight is 423 g/mol. The smallest absolute Gasteiger partial charge is 0.273 e. The van der Waals surface area contributed by atoms with Crippen molar-refractivity contribution in [2.24, 2.45) is 5.92 Å². The second-order valence-corrected chi connectivity index (χ2v) is 8.40. The lowest BCUT2D eigenvalue weighted by Crippen LogP contribution is -2.42. The molecule has 1 saturated carbocycles. The van der Waals surface area contributed by atoms with Gasteiger partial charge < -0.3 is 0 Å². The van der Waals surface area contributed by atoms with E-state index in [9.17, 15) is 9.59 Å². The second-order valence-electron chi connectivity index (χ2n) is 6.53. The molecule has 140 valence electrons. The number of aryl methyl sites for hydroxylation is 1. The summed E-state index contributed by atoms with van der Waals surface area (Å²) in [6.45, 7) is 2.37. The van der Waals surface area contributed by atoms with E-state index in [2.05, 4.69) is 16.0 Å². The van der Waals surface area contributed by atoms with Crippen LogP contribution in [0.3, 0.4) is 0 Å². The Morgan fingerprint density at radius 1 is 1.26 bits per heavy atom.